The van der Waals surface area contributed by atoms with E-state index >= 15 is 0 Å². The molecule has 1 aliphatic rings. The van der Waals surface area contributed by atoms with Gasteiger partial charge in [-0.2, -0.15) is 0 Å². The molecule has 2 unspecified atom stereocenters. The van der Waals surface area contributed by atoms with Gasteiger partial charge in [0.2, 0.25) is 0 Å². The molecule has 0 bridgehead atoms. The third kappa shape index (κ3) is 2.46. The zero-order valence-corrected chi connectivity index (χ0v) is 8.76. The van der Waals surface area contributed by atoms with E-state index in [2.05, 4.69) is 5.32 Å². The van der Waals surface area contributed by atoms with Gasteiger partial charge in [0.15, 0.2) is 6.23 Å². The molecule has 4 heteroatoms. The molecule has 16 heavy (non-hydrogen) atoms. The summed E-state index contributed by atoms with van der Waals surface area (Å²) < 4.78 is 5.22. The molecule has 0 spiro atoms. The summed E-state index contributed by atoms with van der Waals surface area (Å²) in [5.41, 5.74) is 0.527. The highest BCUT2D eigenvalue weighted by Gasteiger charge is 2.26. The van der Waals surface area contributed by atoms with Crippen LogP contribution in [0.25, 0.3) is 0 Å². The number of carbonyl (C=O) groups is 2. The second-order valence-electron chi connectivity index (χ2n) is 3.75. The van der Waals surface area contributed by atoms with Crippen molar-refractivity contribution >= 4 is 12.3 Å². The number of rotatable bonds is 3. The van der Waals surface area contributed by atoms with Gasteiger partial charge >= 0.3 is 5.97 Å². The van der Waals surface area contributed by atoms with Gasteiger partial charge in [0, 0.05) is 6.42 Å². The van der Waals surface area contributed by atoms with Crippen LogP contribution in [0.2, 0.25) is 0 Å². The topological polar surface area (TPSA) is 55.4 Å². The standard InChI is InChI=1S/C12H13NO3/c14-8-10-6-7-11(13-10)16-12(15)9-4-2-1-3-5-9/h1-5,8,10-11,13H,6-7H2. The van der Waals surface area contributed by atoms with E-state index in [9.17, 15) is 9.59 Å². The average molecular weight is 219 g/mol. The molecule has 0 aliphatic carbocycles. The Bertz CT molecular complexity index is 377. The number of ether oxygens (including phenoxy) is 1. The van der Waals surface area contributed by atoms with Crippen LogP contribution in [-0.2, 0) is 9.53 Å². The van der Waals surface area contributed by atoms with E-state index in [1.165, 1.54) is 0 Å². The van der Waals surface area contributed by atoms with Crippen LogP contribution in [-0.4, -0.2) is 24.5 Å². The minimum atomic E-state index is -0.357. The molecule has 0 aromatic heterocycles. The zero-order chi connectivity index (χ0) is 11.4. The van der Waals surface area contributed by atoms with Crippen molar-refractivity contribution < 1.29 is 14.3 Å². The molecular weight excluding hydrogens is 206 g/mol. The number of hydrogen-bond donors (Lipinski definition) is 1. The molecule has 2 rings (SSSR count). The number of carbonyl (C=O) groups excluding carboxylic acids is 2. The van der Waals surface area contributed by atoms with Gasteiger partial charge in [-0.3, -0.25) is 5.32 Å². The summed E-state index contributed by atoms with van der Waals surface area (Å²) in [6.45, 7) is 0. The predicted octanol–water partition coefficient (Wildman–Crippen LogP) is 1.12. The van der Waals surface area contributed by atoms with Gasteiger partial charge in [-0.1, -0.05) is 18.2 Å². The van der Waals surface area contributed by atoms with E-state index < -0.39 is 0 Å². The van der Waals surface area contributed by atoms with Crippen LogP contribution >= 0.6 is 0 Å². The van der Waals surface area contributed by atoms with E-state index in [0.717, 1.165) is 12.7 Å². The van der Waals surface area contributed by atoms with Crippen molar-refractivity contribution in [2.24, 2.45) is 0 Å². The first kappa shape index (κ1) is 10.8. The third-order valence-electron chi connectivity index (χ3n) is 2.56. The Morgan fingerprint density at radius 2 is 2.06 bits per heavy atom. The summed E-state index contributed by atoms with van der Waals surface area (Å²) in [5, 5.41) is 2.93. The largest absolute Gasteiger partial charge is 0.443 e. The lowest BCUT2D eigenvalue weighted by Gasteiger charge is -2.12. The van der Waals surface area contributed by atoms with Crippen LogP contribution in [0.1, 0.15) is 23.2 Å². The Balaban J connectivity index is 1.91. The maximum absolute atomic E-state index is 11.6. The highest BCUT2D eigenvalue weighted by atomic mass is 16.6. The number of esters is 1. The van der Waals surface area contributed by atoms with Crippen LogP contribution < -0.4 is 5.32 Å². The van der Waals surface area contributed by atoms with Crippen molar-refractivity contribution in [1.29, 1.82) is 0 Å². The SMILES string of the molecule is O=CC1CCC(OC(=O)c2ccccc2)N1. The fourth-order valence-corrected chi connectivity index (χ4v) is 1.71. The summed E-state index contributed by atoms with van der Waals surface area (Å²) in [6, 6.07) is 8.63. The fourth-order valence-electron chi connectivity index (χ4n) is 1.71. The van der Waals surface area contributed by atoms with Gasteiger partial charge in [-0.15, -0.1) is 0 Å². The number of nitrogens with one attached hydrogen (secondary N) is 1. The Kier molecular flexibility index (Phi) is 3.31. The lowest BCUT2D eigenvalue weighted by atomic mass is 10.2. The Hall–Kier alpha value is -1.68. The summed E-state index contributed by atoms with van der Waals surface area (Å²) in [7, 11) is 0. The Morgan fingerprint density at radius 3 is 2.69 bits per heavy atom. The Labute approximate surface area is 93.6 Å². The third-order valence-corrected chi connectivity index (χ3v) is 2.56. The van der Waals surface area contributed by atoms with Crippen LogP contribution in [0.15, 0.2) is 30.3 Å². The quantitative estimate of drug-likeness (QED) is 0.611. The maximum Gasteiger partial charge on any atom is 0.339 e. The highest BCUT2D eigenvalue weighted by Crippen LogP contribution is 2.13. The molecule has 1 N–H and O–H groups in total. The molecule has 1 heterocycles. The van der Waals surface area contributed by atoms with Crippen LogP contribution in [0.3, 0.4) is 0 Å². The van der Waals surface area contributed by atoms with Crippen molar-refractivity contribution in [1.82, 2.24) is 5.32 Å². The monoisotopic (exact) mass is 219 g/mol. The fraction of sp³-hybridized carbons (Fsp3) is 0.333. The van der Waals surface area contributed by atoms with E-state index in [1.54, 1.807) is 24.3 Å². The number of benzene rings is 1. The average Bonchev–Trinajstić information content (AvgIpc) is 2.78. The normalized spacial score (nSPS) is 24.0. The zero-order valence-electron chi connectivity index (χ0n) is 8.76. The highest BCUT2D eigenvalue weighted by molar-refractivity contribution is 5.89. The molecule has 4 nitrogen and oxygen atoms in total. The molecular formula is C12H13NO3. The molecule has 0 saturated carbocycles. The first-order chi connectivity index (χ1) is 7.79. The number of aldehydes is 1. The van der Waals surface area contributed by atoms with E-state index in [0.29, 0.717) is 12.0 Å². The summed E-state index contributed by atoms with van der Waals surface area (Å²) in [4.78, 5) is 22.2. The lowest BCUT2D eigenvalue weighted by molar-refractivity contribution is -0.109. The van der Waals surface area contributed by atoms with Gasteiger partial charge in [-0.25, -0.2) is 4.79 Å². The van der Waals surface area contributed by atoms with E-state index in [1.807, 2.05) is 6.07 Å². The van der Waals surface area contributed by atoms with Gasteiger partial charge in [-0.05, 0) is 18.6 Å². The maximum atomic E-state index is 11.6. The Morgan fingerprint density at radius 1 is 1.31 bits per heavy atom. The molecule has 2 atom stereocenters. The summed E-state index contributed by atoms with van der Waals surface area (Å²) >= 11 is 0. The smallest absolute Gasteiger partial charge is 0.339 e. The van der Waals surface area contributed by atoms with E-state index in [-0.39, 0.29) is 18.2 Å². The first-order valence-electron chi connectivity index (χ1n) is 5.27. The first-order valence-corrected chi connectivity index (χ1v) is 5.27. The van der Waals surface area contributed by atoms with E-state index in [4.69, 9.17) is 4.74 Å². The summed E-state index contributed by atoms with van der Waals surface area (Å²) in [5.74, 6) is -0.357. The molecule has 84 valence electrons. The molecule has 1 aromatic rings. The predicted molar refractivity (Wildman–Crippen MR) is 57.9 cm³/mol. The second kappa shape index (κ2) is 4.90. The van der Waals surface area contributed by atoms with Gasteiger partial charge < -0.3 is 9.53 Å². The van der Waals surface area contributed by atoms with Gasteiger partial charge in [0.25, 0.3) is 0 Å². The molecule has 0 radical (unpaired) electrons. The molecule has 0 amide bonds. The minimum Gasteiger partial charge on any atom is -0.443 e. The van der Waals surface area contributed by atoms with Crippen molar-refractivity contribution in [3.63, 3.8) is 0 Å². The molecule has 1 saturated heterocycles. The van der Waals surface area contributed by atoms with Crippen LogP contribution in [0.5, 0.6) is 0 Å². The molecule has 1 aromatic carbocycles. The van der Waals surface area contributed by atoms with Gasteiger partial charge in [0.05, 0.1) is 11.6 Å². The van der Waals surface area contributed by atoms with Crippen molar-refractivity contribution in [2.75, 3.05) is 0 Å². The van der Waals surface area contributed by atoms with Crippen molar-refractivity contribution in [3.05, 3.63) is 35.9 Å². The van der Waals surface area contributed by atoms with Crippen molar-refractivity contribution in [2.45, 2.75) is 25.1 Å². The lowest BCUT2D eigenvalue weighted by Crippen LogP contribution is -2.33. The van der Waals surface area contributed by atoms with Gasteiger partial charge in [0.1, 0.15) is 6.29 Å². The second-order valence-corrected chi connectivity index (χ2v) is 3.75. The van der Waals surface area contributed by atoms with Crippen LogP contribution in [0.4, 0.5) is 0 Å². The molecule has 1 fully saturated rings. The summed E-state index contributed by atoms with van der Waals surface area (Å²) in [6.07, 6.45) is 1.90. The number of hydrogen-bond acceptors (Lipinski definition) is 4. The molecule has 1 aliphatic heterocycles. The minimum absolute atomic E-state index is 0.187. The van der Waals surface area contributed by atoms with Crippen molar-refractivity contribution in [3.8, 4) is 0 Å². The van der Waals surface area contributed by atoms with Crippen LogP contribution in [0, 0.1) is 0 Å².